The smallest absolute Gasteiger partial charge is 0.268 e. The number of hydrogen-bond acceptors (Lipinski definition) is 5. The molecule has 0 spiro atoms. The van der Waals surface area contributed by atoms with Gasteiger partial charge < -0.3 is 0 Å². The lowest BCUT2D eigenvalue weighted by molar-refractivity contribution is -0.384. The van der Waals surface area contributed by atoms with E-state index in [1.807, 2.05) is 31.2 Å². The summed E-state index contributed by atoms with van der Waals surface area (Å²) in [6.07, 6.45) is 0. The molecule has 3 aromatic carbocycles. The largest absolute Gasteiger partial charge is 0.269 e. The van der Waals surface area contributed by atoms with Crippen molar-refractivity contribution in [2.45, 2.75) is 17.8 Å². The Morgan fingerprint density at radius 1 is 1.00 bits per heavy atom. The molecule has 4 rings (SSSR count). The van der Waals surface area contributed by atoms with Gasteiger partial charge in [-0.2, -0.15) is 0 Å². The molecule has 0 aliphatic rings. The highest BCUT2D eigenvalue weighted by Gasteiger charge is 2.14. The zero-order valence-electron chi connectivity index (χ0n) is 15.6. The molecule has 7 heteroatoms. The lowest BCUT2D eigenvalue weighted by Crippen LogP contribution is -2.21. The van der Waals surface area contributed by atoms with E-state index in [2.05, 4.69) is 12.1 Å². The van der Waals surface area contributed by atoms with Crippen LogP contribution in [0, 0.1) is 17.0 Å². The third-order valence-electron chi connectivity index (χ3n) is 4.55. The first-order valence-corrected chi connectivity index (χ1v) is 9.96. The van der Waals surface area contributed by atoms with Crippen LogP contribution in [0.5, 0.6) is 0 Å². The normalized spacial score (nSPS) is 10.9. The summed E-state index contributed by atoms with van der Waals surface area (Å²) in [5.74, 6) is 0.651. The number of para-hydroxylation sites is 1. The number of rotatable bonds is 5. The Kier molecular flexibility index (Phi) is 5.14. The quantitative estimate of drug-likeness (QED) is 0.205. The van der Waals surface area contributed by atoms with Crippen molar-refractivity contribution in [3.63, 3.8) is 0 Å². The van der Waals surface area contributed by atoms with Gasteiger partial charge in [0, 0.05) is 17.9 Å². The number of hydrogen-bond donors (Lipinski definition) is 0. The predicted molar refractivity (Wildman–Crippen MR) is 115 cm³/mol. The van der Waals surface area contributed by atoms with Gasteiger partial charge in [-0.05, 0) is 36.8 Å². The van der Waals surface area contributed by atoms with Crippen LogP contribution in [0.3, 0.4) is 0 Å². The monoisotopic (exact) mass is 403 g/mol. The Labute approximate surface area is 171 Å². The van der Waals surface area contributed by atoms with E-state index in [4.69, 9.17) is 4.98 Å². The summed E-state index contributed by atoms with van der Waals surface area (Å²) in [4.78, 5) is 28.4. The van der Waals surface area contributed by atoms with E-state index in [0.29, 0.717) is 27.5 Å². The third kappa shape index (κ3) is 3.90. The molecule has 144 valence electrons. The molecule has 0 fully saturated rings. The maximum atomic E-state index is 13.2. The maximum absolute atomic E-state index is 13.2. The van der Waals surface area contributed by atoms with E-state index < -0.39 is 4.92 Å². The van der Waals surface area contributed by atoms with Crippen molar-refractivity contribution < 1.29 is 4.92 Å². The van der Waals surface area contributed by atoms with Crippen LogP contribution in [0.4, 0.5) is 5.69 Å². The number of thioether (sulfide) groups is 1. The number of nitrogens with zero attached hydrogens (tertiary/aromatic N) is 3. The summed E-state index contributed by atoms with van der Waals surface area (Å²) in [5.41, 5.74) is 3.26. The molecule has 6 nitrogen and oxygen atoms in total. The molecule has 0 saturated heterocycles. The van der Waals surface area contributed by atoms with Crippen LogP contribution in [-0.2, 0) is 5.75 Å². The van der Waals surface area contributed by atoms with E-state index >= 15 is 0 Å². The minimum atomic E-state index is -0.460. The van der Waals surface area contributed by atoms with Crippen molar-refractivity contribution in [2.75, 3.05) is 0 Å². The number of aryl methyl sites for hydroxylation is 1. The fraction of sp³-hybridized carbons (Fsp3) is 0.0909. The molecule has 1 heterocycles. The van der Waals surface area contributed by atoms with E-state index in [1.54, 1.807) is 24.3 Å². The highest BCUT2D eigenvalue weighted by Crippen LogP contribution is 2.25. The van der Waals surface area contributed by atoms with Gasteiger partial charge in [0.15, 0.2) is 5.16 Å². The zero-order valence-corrected chi connectivity index (χ0v) is 16.4. The first-order chi connectivity index (χ1) is 14.0. The van der Waals surface area contributed by atoms with Crippen LogP contribution in [0.1, 0.15) is 11.1 Å². The minimum Gasteiger partial charge on any atom is -0.268 e. The van der Waals surface area contributed by atoms with E-state index in [0.717, 1.165) is 5.56 Å². The molecule has 0 aliphatic heterocycles. The molecular formula is C22H17N3O3S. The summed E-state index contributed by atoms with van der Waals surface area (Å²) in [7, 11) is 0. The fourth-order valence-electron chi connectivity index (χ4n) is 2.99. The Hall–Kier alpha value is -3.45. The van der Waals surface area contributed by atoms with Crippen LogP contribution in [0.15, 0.2) is 82.7 Å². The first kappa shape index (κ1) is 18.9. The van der Waals surface area contributed by atoms with Crippen LogP contribution >= 0.6 is 11.8 Å². The number of nitro benzene ring substituents is 1. The summed E-state index contributed by atoms with van der Waals surface area (Å²) >= 11 is 1.46. The number of nitro groups is 1. The van der Waals surface area contributed by atoms with Crippen molar-refractivity contribution in [2.24, 2.45) is 0 Å². The lowest BCUT2D eigenvalue weighted by Gasteiger charge is -2.13. The topological polar surface area (TPSA) is 78.0 Å². The van der Waals surface area contributed by atoms with E-state index in [9.17, 15) is 14.9 Å². The molecule has 0 aliphatic carbocycles. The molecular weight excluding hydrogens is 386 g/mol. The fourth-order valence-corrected chi connectivity index (χ4v) is 3.96. The van der Waals surface area contributed by atoms with Gasteiger partial charge in [0.1, 0.15) is 0 Å². The van der Waals surface area contributed by atoms with Crippen molar-refractivity contribution in [1.29, 1.82) is 0 Å². The highest BCUT2D eigenvalue weighted by molar-refractivity contribution is 7.98. The Morgan fingerprint density at radius 2 is 1.69 bits per heavy atom. The van der Waals surface area contributed by atoms with Crippen LogP contribution in [0.25, 0.3) is 16.6 Å². The summed E-state index contributed by atoms with van der Waals surface area (Å²) in [5, 5.41) is 12.0. The Balaban J connectivity index is 1.80. The zero-order chi connectivity index (χ0) is 20.4. The average Bonchev–Trinajstić information content (AvgIpc) is 2.73. The molecule has 29 heavy (non-hydrogen) atoms. The van der Waals surface area contributed by atoms with Gasteiger partial charge in [-0.15, -0.1) is 0 Å². The molecule has 1 aromatic heterocycles. The lowest BCUT2D eigenvalue weighted by atomic mass is 10.2. The van der Waals surface area contributed by atoms with Gasteiger partial charge in [0.2, 0.25) is 0 Å². The van der Waals surface area contributed by atoms with Crippen molar-refractivity contribution in [1.82, 2.24) is 9.55 Å². The molecule has 0 amide bonds. The van der Waals surface area contributed by atoms with E-state index in [-0.39, 0.29) is 11.2 Å². The number of fused-ring (bicyclic) bond motifs is 1. The maximum Gasteiger partial charge on any atom is 0.269 e. The van der Waals surface area contributed by atoms with Crippen molar-refractivity contribution in [3.8, 4) is 5.69 Å². The van der Waals surface area contributed by atoms with Gasteiger partial charge in [-0.25, -0.2) is 4.98 Å². The molecule has 0 atom stereocenters. The Bertz CT molecular complexity index is 1250. The highest BCUT2D eigenvalue weighted by atomic mass is 32.2. The van der Waals surface area contributed by atoms with Gasteiger partial charge in [0.25, 0.3) is 11.2 Å². The number of aromatic nitrogens is 2. The Morgan fingerprint density at radius 3 is 2.38 bits per heavy atom. The number of benzene rings is 3. The van der Waals surface area contributed by atoms with Gasteiger partial charge in [0.05, 0.1) is 21.5 Å². The van der Waals surface area contributed by atoms with Crippen LogP contribution in [0.2, 0.25) is 0 Å². The van der Waals surface area contributed by atoms with Crippen LogP contribution in [-0.4, -0.2) is 14.5 Å². The summed E-state index contributed by atoms with van der Waals surface area (Å²) < 4.78 is 1.52. The van der Waals surface area contributed by atoms with Crippen LogP contribution < -0.4 is 5.56 Å². The van der Waals surface area contributed by atoms with Gasteiger partial charge in [-0.3, -0.25) is 19.5 Å². The van der Waals surface area contributed by atoms with Gasteiger partial charge >= 0.3 is 0 Å². The molecule has 0 bridgehead atoms. The number of non-ortho nitro benzene ring substituents is 1. The third-order valence-corrected chi connectivity index (χ3v) is 5.56. The molecule has 4 aromatic rings. The van der Waals surface area contributed by atoms with Gasteiger partial charge in [-0.1, -0.05) is 53.7 Å². The predicted octanol–water partition coefficient (Wildman–Crippen LogP) is 4.89. The molecule has 0 N–H and O–H groups in total. The van der Waals surface area contributed by atoms with E-state index in [1.165, 1.54) is 34.0 Å². The molecule has 0 unspecified atom stereocenters. The summed E-state index contributed by atoms with van der Waals surface area (Å²) in [6.45, 7) is 2.04. The second kappa shape index (κ2) is 7.89. The SMILES string of the molecule is Cc1ccc(CSc2nc3ccccc3c(=O)n2-c2ccc([N+](=O)[O-])cc2)cc1. The second-order valence-corrected chi connectivity index (χ2v) is 7.54. The first-order valence-electron chi connectivity index (χ1n) is 8.98. The molecule has 0 saturated carbocycles. The summed E-state index contributed by atoms with van der Waals surface area (Å²) in [6, 6.07) is 21.3. The molecule has 0 radical (unpaired) electrons. The van der Waals surface area contributed by atoms with Crippen molar-refractivity contribution in [3.05, 3.63) is 104 Å². The second-order valence-electron chi connectivity index (χ2n) is 6.60. The standard InChI is InChI=1S/C22H17N3O3S/c1-15-6-8-16(9-7-15)14-29-22-23-20-5-3-2-4-19(20)21(26)24(22)17-10-12-18(13-11-17)25(27)28/h2-13H,14H2,1H3. The minimum absolute atomic E-state index is 0.0237. The van der Waals surface area contributed by atoms with Crippen molar-refractivity contribution >= 4 is 28.4 Å². The average molecular weight is 403 g/mol.